The van der Waals surface area contributed by atoms with Crippen molar-refractivity contribution in [1.29, 1.82) is 0 Å². The summed E-state index contributed by atoms with van der Waals surface area (Å²) >= 11 is 0. The molecule has 0 bridgehead atoms. The maximum atomic E-state index is 12.2. The molecule has 2 rings (SSSR count). The Morgan fingerprint density at radius 3 is 2.64 bits per heavy atom. The predicted molar refractivity (Wildman–Crippen MR) is 87.0 cm³/mol. The number of fused-ring (bicyclic) bond motifs is 1. The highest BCUT2D eigenvalue weighted by molar-refractivity contribution is 5.96. The Bertz CT molecular complexity index is 704. The van der Waals surface area contributed by atoms with Gasteiger partial charge in [0.1, 0.15) is 5.69 Å². The van der Waals surface area contributed by atoms with Crippen LogP contribution < -0.4 is 10.9 Å². The molecule has 0 aliphatic rings. The Morgan fingerprint density at radius 1 is 1.27 bits per heavy atom. The normalized spacial score (nSPS) is 12.5. The molecule has 2 aromatic rings. The van der Waals surface area contributed by atoms with Gasteiger partial charge < -0.3 is 15.4 Å². The van der Waals surface area contributed by atoms with Gasteiger partial charge in [-0.1, -0.05) is 44.9 Å². The first-order valence-electron chi connectivity index (χ1n) is 7.65. The summed E-state index contributed by atoms with van der Waals surface area (Å²) in [5.74, 6) is -0.219. The average Bonchev–Trinajstić information content (AvgIpc) is 2.53. The van der Waals surface area contributed by atoms with Crippen LogP contribution in [0.2, 0.25) is 0 Å². The van der Waals surface area contributed by atoms with Crippen LogP contribution in [-0.2, 0) is 0 Å². The Kier molecular flexibility index (Phi) is 5.33. The van der Waals surface area contributed by atoms with Crippen molar-refractivity contribution in [2.75, 3.05) is 6.54 Å². The number of carbonyl (C=O) groups excluding carboxylic acids is 1. The lowest BCUT2D eigenvalue weighted by Gasteiger charge is -2.20. The molecular weight excluding hydrogens is 280 g/mol. The Morgan fingerprint density at radius 2 is 1.95 bits per heavy atom. The van der Waals surface area contributed by atoms with Gasteiger partial charge >= 0.3 is 0 Å². The minimum atomic E-state index is -0.578. The van der Waals surface area contributed by atoms with Gasteiger partial charge in [-0.2, -0.15) is 0 Å². The molecule has 0 aliphatic carbocycles. The van der Waals surface area contributed by atoms with Crippen molar-refractivity contribution >= 4 is 16.7 Å². The molecule has 0 aliphatic heterocycles. The van der Waals surface area contributed by atoms with E-state index in [1.54, 1.807) is 24.3 Å². The van der Waals surface area contributed by atoms with E-state index in [2.05, 4.69) is 10.3 Å². The number of H-pyrrole nitrogens is 1. The number of hydrogen-bond acceptors (Lipinski definition) is 3. The van der Waals surface area contributed by atoms with Gasteiger partial charge in [-0.05, 0) is 23.4 Å². The van der Waals surface area contributed by atoms with Gasteiger partial charge in [-0.25, -0.2) is 0 Å². The smallest absolute Gasteiger partial charge is 0.267 e. The molecule has 0 saturated heterocycles. The number of pyridine rings is 1. The largest absolute Gasteiger partial charge is 0.391 e. The number of amides is 1. The zero-order valence-corrected chi connectivity index (χ0v) is 12.9. The molecular formula is C17H22N2O3. The summed E-state index contributed by atoms with van der Waals surface area (Å²) in [5.41, 5.74) is -0.0794. The Hall–Kier alpha value is -2.14. The summed E-state index contributed by atoms with van der Waals surface area (Å²) in [4.78, 5) is 26.7. The molecule has 22 heavy (non-hydrogen) atoms. The van der Waals surface area contributed by atoms with E-state index in [1.165, 1.54) is 0 Å². The molecule has 1 heterocycles. The quantitative estimate of drug-likeness (QED) is 0.764. The van der Waals surface area contributed by atoms with E-state index in [0.29, 0.717) is 5.39 Å². The summed E-state index contributed by atoms with van der Waals surface area (Å²) in [5, 5.41) is 14.0. The van der Waals surface area contributed by atoms with E-state index >= 15 is 0 Å². The van der Waals surface area contributed by atoms with Gasteiger partial charge in [0.2, 0.25) is 0 Å². The third kappa shape index (κ3) is 3.54. The minimum Gasteiger partial charge on any atom is -0.391 e. The maximum absolute atomic E-state index is 12.2. The summed E-state index contributed by atoms with van der Waals surface area (Å²) in [6.07, 6.45) is 1.15. The third-order valence-electron chi connectivity index (χ3n) is 4.06. The minimum absolute atomic E-state index is 0.163. The Balaban J connectivity index is 2.12. The highest BCUT2D eigenvalue weighted by atomic mass is 16.3. The lowest BCUT2D eigenvalue weighted by Crippen LogP contribution is -2.36. The number of aliphatic hydroxyl groups excluding tert-OH is 1. The topological polar surface area (TPSA) is 82.2 Å². The zero-order valence-electron chi connectivity index (χ0n) is 12.9. The number of aliphatic hydroxyl groups is 1. The number of carbonyl (C=O) groups is 1. The van der Waals surface area contributed by atoms with Crippen LogP contribution >= 0.6 is 0 Å². The van der Waals surface area contributed by atoms with Crippen LogP contribution in [-0.4, -0.2) is 28.6 Å². The standard InChI is InChI=1S/C17H22N2O3/c1-3-11(4-2)15(20)10-18-17(22)14-9-12-7-5-6-8-13(12)16(21)19-14/h5-9,11,15,20H,3-4,10H2,1-2H3,(H,18,22)(H,19,21). The fraction of sp³-hybridized carbons (Fsp3) is 0.412. The van der Waals surface area contributed by atoms with Crippen molar-refractivity contribution < 1.29 is 9.90 Å². The van der Waals surface area contributed by atoms with Crippen LogP contribution in [0.25, 0.3) is 10.8 Å². The molecule has 1 amide bonds. The van der Waals surface area contributed by atoms with Crippen molar-refractivity contribution in [3.63, 3.8) is 0 Å². The van der Waals surface area contributed by atoms with Gasteiger partial charge in [0, 0.05) is 11.9 Å². The van der Waals surface area contributed by atoms with Crippen LogP contribution in [0.15, 0.2) is 35.1 Å². The molecule has 1 aromatic heterocycles. The van der Waals surface area contributed by atoms with E-state index in [-0.39, 0.29) is 29.6 Å². The number of rotatable bonds is 6. The molecule has 1 atom stereocenters. The Labute approximate surface area is 129 Å². The molecule has 0 spiro atoms. The molecule has 1 unspecified atom stereocenters. The molecule has 3 N–H and O–H groups in total. The molecule has 0 saturated carbocycles. The lowest BCUT2D eigenvalue weighted by molar-refractivity contribution is 0.0813. The van der Waals surface area contributed by atoms with Crippen molar-refractivity contribution in [1.82, 2.24) is 10.3 Å². The van der Waals surface area contributed by atoms with Gasteiger partial charge in [0.25, 0.3) is 11.5 Å². The maximum Gasteiger partial charge on any atom is 0.267 e. The van der Waals surface area contributed by atoms with E-state index in [1.807, 2.05) is 19.9 Å². The van der Waals surface area contributed by atoms with Crippen molar-refractivity contribution in [2.24, 2.45) is 5.92 Å². The molecule has 1 aromatic carbocycles. The number of benzene rings is 1. The third-order valence-corrected chi connectivity index (χ3v) is 4.06. The zero-order chi connectivity index (χ0) is 16.1. The van der Waals surface area contributed by atoms with Crippen LogP contribution in [0.5, 0.6) is 0 Å². The number of nitrogens with one attached hydrogen (secondary N) is 2. The summed E-state index contributed by atoms with van der Waals surface area (Å²) in [6.45, 7) is 4.21. The van der Waals surface area contributed by atoms with Gasteiger partial charge in [-0.15, -0.1) is 0 Å². The molecule has 0 radical (unpaired) electrons. The van der Waals surface area contributed by atoms with E-state index in [9.17, 15) is 14.7 Å². The molecule has 5 nitrogen and oxygen atoms in total. The van der Waals surface area contributed by atoms with Crippen molar-refractivity contribution in [2.45, 2.75) is 32.8 Å². The van der Waals surface area contributed by atoms with E-state index in [0.717, 1.165) is 18.2 Å². The SMILES string of the molecule is CCC(CC)C(O)CNC(=O)c1cc2ccccc2c(=O)[nH]1. The second-order valence-corrected chi connectivity index (χ2v) is 5.45. The number of aromatic nitrogens is 1. The van der Waals surface area contributed by atoms with Crippen molar-refractivity contribution in [3.8, 4) is 0 Å². The number of hydrogen-bond donors (Lipinski definition) is 3. The first kappa shape index (κ1) is 16.2. The molecule has 0 fully saturated rings. The van der Waals surface area contributed by atoms with Gasteiger partial charge in [0.15, 0.2) is 0 Å². The second-order valence-electron chi connectivity index (χ2n) is 5.45. The molecule has 118 valence electrons. The molecule has 5 heteroatoms. The monoisotopic (exact) mass is 302 g/mol. The highest BCUT2D eigenvalue weighted by Crippen LogP contribution is 2.13. The van der Waals surface area contributed by atoms with Crippen LogP contribution in [0.1, 0.15) is 37.2 Å². The van der Waals surface area contributed by atoms with Gasteiger partial charge in [-0.3, -0.25) is 9.59 Å². The highest BCUT2D eigenvalue weighted by Gasteiger charge is 2.17. The first-order chi connectivity index (χ1) is 10.6. The lowest BCUT2D eigenvalue weighted by atomic mass is 9.96. The van der Waals surface area contributed by atoms with Crippen LogP contribution in [0.3, 0.4) is 0 Å². The van der Waals surface area contributed by atoms with E-state index in [4.69, 9.17) is 0 Å². The fourth-order valence-electron chi connectivity index (χ4n) is 2.63. The average molecular weight is 302 g/mol. The first-order valence-corrected chi connectivity index (χ1v) is 7.65. The second kappa shape index (κ2) is 7.22. The van der Waals surface area contributed by atoms with Crippen LogP contribution in [0, 0.1) is 5.92 Å². The van der Waals surface area contributed by atoms with Crippen molar-refractivity contribution in [3.05, 3.63) is 46.4 Å². The fourth-order valence-corrected chi connectivity index (χ4v) is 2.63. The van der Waals surface area contributed by atoms with Crippen LogP contribution in [0.4, 0.5) is 0 Å². The summed E-state index contributed by atoms with van der Waals surface area (Å²) in [6, 6.07) is 8.76. The van der Waals surface area contributed by atoms with Gasteiger partial charge in [0.05, 0.1) is 6.10 Å². The predicted octanol–water partition coefficient (Wildman–Crippen LogP) is 2.06. The number of aromatic amines is 1. The summed E-state index contributed by atoms with van der Waals surface area (Å²) in [7, 11) is 0. The van der Waals surface area contributed by atoms with E-state index < -0.39 is 6.10 Å². The summed E-state index contributed by atoms with van der Waals surface area (Å²) < 4.78 is 0.